The van der Waals surface area contributed by atoms with Crippen molar-refractivity contribution in [1.29, 1.82) is 0 Å². The number of halogens is 1. The Bertz CT molecular complexity index is 950. The first-order valence-corrected chi connectivity index (χ1v) is 13.0. The van der Waals surface area contributed by atoms with Crippen molar-refractivity contribution in [1.82, 2.24) is 4.31 Å². The molecule has 1 aromatic rings. The number of hydrogen-bond acceptors (Lipinski definition) is 5. The van der Waals surface area contributed by atoms with E-state index in [1.807, 2.05) is 0 Å². The first kappa shape index (κ1) is 22.7. The second-order valence-electron chi connectivity index (χ2n) is 9.43. The summed E-state index contributed by atoms with van der Waals surface area (Å²) in [4.78, 5) is 25.8. The molecular formula is C23H30ClNO5S. The summed E-state index contributed by atoms with van der Waals surface area (Å²) in [6, 6.07) is 4.01. The molecule has 0 radical (unpaired) electrons. The molecule has 4 aliphatic rings. The van der Waals surface area contributed by atoms with Crippen molar-refractivity contribution in [3.05, 3.63) is 28.8 Å². The number of esters is 1. The van der Waals surface area contributed by atoms with Crippen LogP contribution in [-0.2, 0) is 19.6 Å². The van der Waals surface area contributed by atoms with Crippen LogP contribution in [-0.4, -0.2) is 44.2 Å². The molecule has 0 spiro atoms. The van der Waals surface area contributed by atoms with E-state index in [1.54, 1.807) is 13.8 Å². The van der Waals surface area contributed by atoms with Crippen LogP contribution in [0.15, 0.2) is 23.1 Å². The Morgan fingerprint density at radius 1 is 1.06 bits per heavy atom. The highest BCUT2D eigenvalue weighted by molar-refractivity contribution is 7.89. The zero-order valence-corrected chi connectivity index (χ0v) is 19.7. The second-order valence-corrected chi connectivity index (χ2v) is 11.8. The lowest BCUT2D eigenvalue weighted by Crippen LogP contribution is -2.51. The van der Waals surface area contributed by atoms with E-state index in [0.717, 1.165) is 19.3 Å². The molecule has 0 unspecified atom stereocenters. The number of hydrogen-bond donors (Lipinski definition) is 0. The monoisotopic (exact) mass is 467 g/mol. The highest BCUT2D eigenvalue weighted by Crippen LogP contribution is 2.60. The smallest absolute Gasteiger partial charge is 0.340 e. The van der Waals surface area contributed by atoms with Crippen molar-refractivity contribution in [2.24, 2.45) is 23.2 Å². The van der Waals surface area contributed by atoms with Gasteiger partial charge in [0.25, 0.3) is 0 Å². The quantitative estimate of drug-likeness (QED) is 0.532. The van der Waals surface area contributed by atoms with E-state index in [4.69, 9.17) is 16.3 Å². The number of sulfonamides is 1. The Kier molecular flexibility index (Phi) is 6.23. The van der Waals surface area contributed by atoms with E-state index in [2.05, 4.69) is 0 Å². The minimum absolute atomic E-state index is 0.00277. The molecule has 5 rings (SSSR count). The summed E-state index contributed by atoms with van der Waals surface area (Å²) in [5.74, 6) is 1.12. The Hall–Kier alpha value is -1.44. The normalized spacial score (nSPS) is 29.4. The fraction of sp³-hybridized carbons (Fsp3) is 0.652. The van der Waals surface area contributed by atoms with Crippen LogP contribution in [0.5, 0.6) is 0 Å². The van der Waals surface area contributed by atoms with Crippen molar-refractivity contribution < 1.29 is 22.7 Å². The van der Waals surface area contributed by atoms with Crippen LogP contribution in [0.4, 0.5) is 0 Å². The maximum Gasteiger partial charge on any atom is 0.340 e. The Morgan fingerprint density at radius 2 is 1.61 bits per heavy atom. The molecule has 170 valence electrons. The zero-order valence-electron chi connectivity index (χ0n) is 18.1. The molecule has 4 fully saturated rings. The molecular weight excluding hydrogens is 438 g/mol. The summed E-state index contributed by atoms with van der Waals surface area (Å²) in [7, 11) is -3.74. The van der Waals surface area contributed by atoms with E-state index in [1.165, 1.54) is 41.8 Å². The largest absolute Gasteiger partial charge is 0.454 e. The minimum Gasteiger partial charge on any atom is -0.454 e. The van der Waals surface area contributed by atoms with Gasteiger partial charge < -0.3 is 4.74 Å². The van der Waals surface area contributed by atoms with Crippen molar-refractivity contribution in [2.75, 3.05) is 19.7 Å². The van der Waals surface area contributed by atoms with E-state index >= 15 is 0 Å². The molecule has 4 saturated carbocycles. The van der Waals surface area contributed by atoms with Crippen LogP contribution in [0.25, 0.3) is 0 Å². The molecule has 6 nitrogen and oxygen atoms in total. The van der Waals surface area contributed by atoms with Gasteiger partial charge in [-0.3, -0.25) is 4.79 Å². The van der Waals surface area contributed by atoms with Gasteiger partial charge in [0.2, 0.25) is 10.0 Å². The topological polar surface area (TPSA) is 80.8 Å². The molecule has 0 atom stereocenters. The lowest BCUT2D eigenvalue weighted by atomic mass is 9.48. The average molecular weight is 468 g/mol. The molecule has 0 amide bonds. The number of rotatable bonds is 8. The van der Waals surface area contributed by atoms with E-state index in [0.29, 0.717) is 30.8 Å². The highest BCUT2D eigenvalue weighted by atomic mass is 35.5. The fourth-order valence-electron chi connectivity index (χ4n) is 6.35. The van der Waals surface area contributed by atoms with E-state index in [-0.39, 0.29) is 33.3 Å². The number of ketones is 1. The standard InChI is InChI=1S/C23H30ClNO5S/c1-3-25(4-2)31(28,29)18-5-6-20(24)19(10-18)22(27)30-14-21(26)23-11-15-7-16(12-23)9-17(8-15)13-23/h5-6,10,15-17H,3-4,7-9,11-14H2,1-2H3. The zero-order chi connectivity index (χ0) is 22.4. The van der Waals surface area contributed by atoms with Gasteiger partial charge in [-0.2, -0.15) is 4.31 Å². The molecule has 0 heterocycles. The number of carbonyl (C=O) groups is 2. The highest BCUT2D eigenvalue weighted by Gasteiger charge is 2.54. The van der Waals surface area contributed by atoms with Gasteiger partial charge in [0.1, 0.15) is 0 Å². The Labute approximate surface area is 189 Å². The number of benzene rings is 1. The Morgan fingerprint density at radius 3 is 2.13 bits per heavy atom. The van der Waals surface area contributed by atoms with Gasteiger partial charge in [0.05, 0.1) is 15.5 Å². The second kappa shape index (κ2) is 8.49. The summed E-state index contributed by atoms with van der Waals surface area (Å²) in [5, 5.41) is 0.103. The van der Waals surface area contributed by atoms with Gasteiger partial charge >= 0.3 is 5.97 Å². The van der Waals surface area contributed by atoms with Gasteiger partial charge in [0.15, 0.2) is 12.4 Å². The lowest BCUT2D eigenvalue weighted by Gasteiger charge is -2.55. The van der Waals surface area contributed by atoms with Crippen LogP contribution in [0.2, 0.25) is 5.02 Å². The first-order chi connectivity index (χ1) is 14.7. The van der Waals surface area contributed by atoms with Crippen LogP contribution in [0, 0.1) is 23.2 Å². The fourth-order valence-corrected chi connectivity index (χ4v) is 8.03. The minimum atomic E-state index is -3.74. The molecule has 0 aliphatic heterocycles. The molecule has 1 aromatic carbocycles. The molecule has 4 bridgehead atoms. The summed E-state index contributed by atoms with van der Waals surface area (Å²) >= 11 is 6.17. The summed E-state index contributed by atoms with van der Waals surface area (Å²) in [5.41, 5.74) is -0.375. The van der Waals surface area contributed by atoms with Crippen molar-refractivity contribution in [3.63, 3.8) is 0 Å². The predicted molar refractivity (Wildman–Crippen MR) is 117 cm³/mol. The van der Waals surface area contributed by atoms with Gasteiger partial charge in [-0.05, 0) is 74.5 Å². The lowest BCUT2D eigenvalue weighted by molar-refractivity contribution is -0.147. The summed E-state index contributed by atoms with van der Waals surface area (Å²) in [6.45, 7) is 3.86. The molecule has 4 aliphatic carbocycles. The van der Waals surface area contributed by atoms with Crippen molar-refractivity contribution >= 4 is 33.4 Å². The van der Waals surface area contributed by atoms with Gasteiger partial charge in [0, 0.05) is 18.5 Å². The number of ether oxygens (including phenoxy) is 1. The van der Waals surface area contributed by atoms with Crippen LogP contribution < -0.4 is 0 Å². The van der Waals surface area contributed by atoms with Crippen molar-refractivity contribution in [2.45, 2.75) is 57.3 Å². The average Bonchev–Trinajstić information content (AvgIpc) is 2.71. The van der Waals surface area contributed by atoms with Gasteiger partial charge in [-0.15, -0.1) is 0 Å². The first-order valence-electron chi connectivity index (χ1n) is 11.2. The van der Waals surface area contributed by atoms with Crippen LogP contribution in [0.1, 0.15) is 62.7 Å². The van der Waals surface area contributed by atoms with Crippen LogP contribution in [0.3, 0.4) is 0 Å². The summed E-state index contributed by atoms with van der Waals surface area (Å²) < 4.78 is 32.2. The molecule has 0 aromatic heterocycles. The molecule has 0 saturated heterocycles. The Balaban J connectivity index is 1.47. The van der Waals surface area contributed by atoms with Crippen molar-refractivity contribution in [3.8, 4) is 0 Å². The SMILES string of the molecule is CCN(CC)S(=O)(=O)c1ccc(Cl)c(C(=O)OCC(=O)C23CC4CC(CC(C4)C2)C3)c1. The third kappa shape index (κ3) is 4.16. The van der Waals surface area contributed by atoms with Crippen LogP contribution >= 0.6 is 11.6 Å². The van der Waals surface area contributed by atoms with Gasteiger partial charge in [-0.1, -0.05) is 25.4 Å². The number of Topliss-reactive ketones (excluding diaryl/α,β-unsaturated/α-hetero) is 1. The summed E-state index contributed by atoms with van der Waals surface area (Å²) in [6.07, 6.45) is 6.43. The third-order valence-corrected chi connectivity index (χ3v) is 9.84. The predicted octanol–water partition coefficient (Wildman–Crippen LogP) is 4.31. The molecule has 31 heavy (non-hydrogen) atoms. The van der Waals surface area contributed by atoms with E-state index < -0.39 is 16.0 Å². The molecule has 0 N–H and O–H groups in total. The molecule has 8 heteroatoms. The maximum absolute atomic E-state index is 13.1. The van der Waals surface area contributed by atoms with Gasteiger partial charge in [-0.25, -0.2) is 13.2 Å². The van der Waals surface area contributed by atoms with E-state index in [9.17, 15) is 18.0 Å². The third-order valence-electron chi connectivity index (χ3n) is 7.47. The number of carbonyl (C=O) groups excluding carboxylic acids is 2. The maximum atomic E-state index is 13.1. The number of nitrogens with zero attached hydrogens (tertiary/aromatic N) is 1.